The van der Waals surface area contributed by atoms with E-state index in [1.807, 2.05) is 44.3 Å². The van der Waals surface area contributed by atoms with Crippen molar-refractivity contribution in [1.29, 1.82) is 0 Å². The zero-order valence-corrected chi connectivity index (χ0v) is 22.9. The normalized spacial score (nSPS) is 11.6. The number of thioether (sulfide) groups is 1. The number of hydrogen-bond acceptors (Lipinski definition) is 4. The van der Waals surface area contributed by atoms with Gasteiger partial charge < -0.3 is 5.32 Å². The van der Waals surface area contributed by atoms with Gasteiger partial charge in [0.25, 0.3) is 0 Å². The molecule has 32 heavy (non-hydrogen) atoms. The molecule has 0 fully saturated rings. The van der Waals surface area contributed by atoms with Gasteiger partial charge in [0.1, 0.15) is 0 Å². The Bertz CT molecular complexity index is 1100. The minimum atomic E-state index is -0.472. The third-order valence-electron chi connectivity index (χ3n) is 4.97. The van der Waals surface area contributed by atoms with E-state index in [4.69, 9.17) is 11.6 Å². The lowest BCUT2D eigenvalue weighted by atomic mass is 9.84. The Morgan fingerprint density at radius 3 is 2.69 bits per heavy atom. The van der Waals surface area contributed by atoms with Gasteiger partial charge in [-0.1, -0.05) is 58.7 Å². The van der Waals surface area contributed by atoms with E-state index in [0.29, 0.717) is 18.0 Å². The maximum atomic E-state index is 12.7. The van der Waals surface area contributed by atoms with Crippen LogP contribution in [0.15, 0.2) is 51.5 Å². The summed E-state index contributed by atoms with van der Waals surface area (Å²) in [6.45, 7) is 6.65. The lowest BCUT2D eigenvalue weighted by Gasteiger charge is -2.24. The fourth-order valence-corrected chi connectivity index (χ4v) is 4.64. The topological polar surface area (TPSA) is 59.8 Å². The lowest BCUT2D eigenvalue weighted by Crippen LogP contribution is -2.39. The van der Waals surface area contributed by atoms with E-state index in [9.17, 15) is 4.79 Å². The molecule has 9 heteroatoms. The second kappa shape index (κ2) is 11.2. The van der Waals surface area contributed by atoms with Crippen LogP contribution in [0.3, 0.4) is 0 Å². The van der Waals surface area contributed by atoms with Crippen molar-refractivity contribution < 1.29 is 4.79 Å². The third-order valence-corrected chi connectivity index (χ3v) is 8.07. The number of nitrogens with zero attached hydrogens (tertiary/aromatic N) is 3. The highest BCUT2D eigenvalue weighted by atomic mass is 79.9. The van der Waals surface area contributed by atoms with Gasteiger partial charge in [-0.05, 0) is 64.7 Å². The predicted octanol–water partition coefficient (Wildman–Crippen LogP) is 6.37. The zero-order chi connectivity index (χ0) is 23.3. The van der Waals surface area contributed by atoms with E-state index >= 15 is 0 Å². The van der Waals surface area contributed by atoms with Gasteiger partial charge in [-0.2, -0.15) is 11.8 Å². The van der Waals surface area contributed by atoms with Crippen molar-refractivity contribution in [2.75, 3.05) is 12.3 Å². The van der Waals surface area contributed by atoms with Gasteiger partial charge >= 0.3 is 0 Å². The predicted molar refractivity (Wildman–Crippen MR) is 140 cm³/mol. The van der Waals surface area contributed by atoms with Gasteiger partial charge in [0.2, 0.25) is 5.91 Å². The highest BCUT2D eigenvalue weighted by Crippen LogP contribution is 2.26. The highest BCUT2D eigenvalue weighted by molar-refractivity contribution is 9.10. The number of aryl methyl sites for hydroxylation is 1. The number of aromatic nitrogens is 3. The van der Waals surface area contributed by atoms with Crippen LogP contribution in [-0.4, -0.2) is 33.2 Å². The molecule has 1 aromatic heterocycles. The third kappa shape index (κ3) is 6.83. The Kier molecular flexibility index (Phi) is 8.83. The average molecular weight is 601 g/mol. The quantitative estimate of drug-likeness (QED) is 0.290. The Hall–Kier alpha value is -1.35. The summed E-state index contributed by atoms with van der Waals surface area (Å²) in [5, 5.41) is 12.1. The number of hydrogen-bond donors (Lipinski definition) is 1. The molecule has 1 amide bonds. The molecule has 1 N–H and O–H groups in total. The van der Waals surface area contributed by atoms with Gasteiger partial charge in [0.15, 0.2) is 0 Å². The number of carbonyl (C=O) groups is 1. The van der Waals surface area contributed by atoms with E-state index < -0.39 is 5.41 Å². The molecule has 0 unspecified atom stereocenters. The Balaban J connectivity index is 1.43. The molecule has 0 saturated heterocycles. The lowest BCUT2D eigenvalue weighted by molar-refractivity contribution is -0.129. The smallest absolute Gasteiger partial charge is 0.226 e. The van der Waals surface area contributed by atoms with Crippen LogP contribution < -0.4 is 5.32 Å². The van der Waals surface area contributed by atoms with Crippen molar-refractivity contribution in [3.8, 4) is 5.69 Å². The molecule has 5 nitrogen and oxygen atoms in total. The Labute approximate surface area is 214 Å². The summed E-state index contributed by atoms with van der Waals surface area (Å²) in [4.78, 5) is 12.7. The van der Waals surface area contributed by atoms with Crippen LogP contribution in [0.2, 0.25) is 5.02 Å². The maximum Gasteiger partial charge on any atom is 0.226 e. The van der Waals surface area contributed by atoms with Gasteiger partial charge in [-0.3, -0.25) is 4.79 Å². The van der Waals surface area contributed by atoms with Crippen molar-refractivity contribution in [3.05, 3.63) is 73.4 Å². The van der Waals surface area contributed by atoms with Crippen molar-refractivity contribution in [1.82, 2.24) is 20.3 Å². The highest BCUT2D eigenvalue weighted by Gasteiger charge is 2.27. The van der Waals surface area contributed by atoms with Crippen LogP contribution in [0.4, 0.5) is 0 Å². The van der Waals surface area contributed by atoms with Crippen LogP contribution in [0.5, 0.6) is 0 Å². The van der Waals surface area contributed by atoms with Crippen LogP contribution in [0.1, 0.15) is 30.7 Å². The summed E-state index contributed by atoms with van der Waals surface area (Å²) >= 11 is 14.7. The Morgan fingerprint density at radius 1 is 1.19 bits per heavy atom. The van der Waals surface area contributed by atoms with Gasteiger partial charge in [-0.25, -0.2) is 4.68 Å². The first-order chi connectivity index (χ1) is 15.2. The van der Waals surface area contributed by atoms with E-state index in [1.165, 1.54) is 5.56 Å². The van der Waals surface area contributed by atoms with Crippen LogP contribution in [-0.2, 0) is 17.0 Å². The second-order valence-electron chi connectivity index (χ2n) is 8.21. The largest absolute Gasteiger partial charge is 0.355 e. The fourth-order valence-electron chi connectivity index (χ4n) is 3.18. The molecule has 170 valence electrons. The fraction of sp³-hybridized carbons (Fsp3) is 0.348. The first kappa shape index (κ1) is 25.3. The van der Waals surface area contributed by atoms with Crippen LogP contribution >= 0.6 is 55.2 Å². The number of nitrogens with one attached hydrogen (secondary N) is 1. The van der Waals surface area contributed by atoms with E-state index in [-0.39, 0.29) is 5.91 Å². The summed E-state index contributed by atoms with van der Waals surface area (Å²) in [6.07, 6.45) is 2.61. The Morgan fingerprint density at radius 2 is 1.97 bits per heavy atom. The summed E-state index contributed by atoms with van der Waals surface area (Å²) in [7, 11) is 0. The van der Waals surface area contributed by atoms with Crippen molar-refractivity contribution in [2.24, 2.45) is 5.41 Å². The first-order valence-electron chi connectivity index (χ1n) is 10.1. The average Bonchev–Trinajstić information content (AvgIpc) is 3.21. The minimum absolute atomic E-state index is 0.0675. The van der Waals surface area contributed by atoms with E-state index in [2.05, 4.69) is 66.5 Å². The molecule has 0 aliphatic carbocycles. The number of amides is 1. The maximum absolute atomic E-state index is 12.7. The summed E-state index contributed by atoms with van der Waals surface area (Å²) in [5.41, 5.74) is 3.64. The number of carbonyl (C=O) groups excluding carboxylic acids is 1. The summed E-state index contributed by atoms with van der Waals surface area (Å²) in [5.74, 6) is 1.60. The molecule has 0 radical (unpaired) electrons. The van der Waals surface area contributed by atoms with Gasteiger partial charge in [0, 0.05) is 32.4 Å². The molecule has 0 aliphatic rings. The second-order valence-corrected chi connectivity index (χ2v) is 11.4. The van der Waals surface area contributed by atoms with Crippen LogP contribution in [0, 0.1) is 12.3 Å². The molecule has 1 heterocycles. The number of benzene rings is 2. The minimum Gasteiger partial charge on any atom is -0.355 e. The molecular formula is C23H25Br2ClN4OS. The van der Waals surface area contributed by atoms with Crippen molar-refractivity contribution >= 4 is 61.1 Å². The van der Waals surface area contributed by atoms with Gasteiger partial charge in [0.05, 0.1) is 22.6 Å². The molecule has 0 saturated carbocycles. The molecule has 2 aromatic carbocycles. The van der Waals surface area contributed by atoms with Crippen LogP contribution in [0.25, 0.3) is 5.69 Å². The standard InChI is InChI=1S/C23H25Br2ClN4OS/c1-15-10-16(4-6-19(15)24)12-23(2,3)22(31)27-8-9-32-14-17-13-30(29-28-17)18-5-7-21(26)20(25)11-18/h4-7,10-11,13H,8-9,12,14H2,1-3H3,(H,27,31). The molecule has 0 atom stereocenters. The molecule has 3 rings (SSSR count). The molecule has 3 aromatic rings. The first-order valence-corrected chi connectivity index (χ1v) is 13.3. The molecule has 0 spiro atoms. The van der Waals surface area contributed by atoms with Gasteiger partial charge in [-0.15, -0.1) is 5.10 Å². The number of halogens is 3. The SMILES string of the molecule is Cc1cc(CC(C)(C)C(=O)NCCSCc2cn(-c3ccc(Cl)c(Br)c3)nn2)ccc1Br. The molecule has 0 aliphatic heterocycles. The van der Waals surface area contributed by atoms with E-state index in [1.54, 1.807) is 16.4 Å². The summed E-state index contributed by atoms with van der Waals surface area (Å²) < 4.78 is 3.63. The molecular weight excluding hydrogens is 576 g/mol. The van der Waals surface area contributed by atoms with E-state index in [0.717, 1.165) is 37.4 Å². The zero-order valence-electron chi connectivity index (χ0n) is 18.2. The monoisotopic (exact) mass is 598 g/mol. The summed E-state index contributed by atoms with van der Waals surface area (Å²) in [6, 6.07) is 11.9. The molecule has 0 bridgehead atoms. The number of rotatable bonds is 9. The van der Waals surface area contributed by atoms with Crippen molar-refractivity contribution in [3.63, 3.8) is 0 Å². The van der Waals surface area contributed by atoms with Crippen molar-refractivity contribution in [2.45, 2.75) is 32.9 Å².